The molecule has 1 aliphatic rings. The Balaban J connectivity index is 1.74. The molecule has 0 unspecified atom stereocenters. The number of nitrogens with zero attached hydrogens (tertiary/aromatic N) is 1. The summed E-state index contributed by atoms with van der Waals surface area (Å²) in [7, 11) is 1.61. The first-order chi connectivity index (χ1) is 11.9. The van der Waals surface area contributed by atoms with Gasteiger partial charge in [0.1, 0.15) is 17.1 Å². The summed E-state index contributed by atoms with van der Waals surface area (Å²) in [5, 5.41) is 2.91. The minimum atomic E-state index is -0.402. The Morgan fingerprint density at radius 2 is 2.00 bits per heavy atom. The smallest absolute Gasteiger partial charge is 0.243 e. The molecule has 6 heteroatoms. The van der Waals surface area contributed by atoms with Crippen LogP contribution < -0.4 is 25.4 Å². The molecule has 6 nitrogen and oxygen atoms in total. The molecule has 2 aromatic carbocycles. The van der Waals surface area contributed by atoms with Crippen LogP contribution in [0.15, 0.2) is 42.5 Å². The molecule has 1 amide bonds. The molecule has 0 saturated heterocycles. The van der Waals surface area contributed by atoms with E-state index in [1.54, 1.807) is 13.2 Å². The van der Waals surface area contributed by atoms with Crippen molar-refractivity contribution in [3.8, 4) is 11.5 Å². The van der Waals surface area contributed by atoms with Gasteiger partial charge in [0.2, 0.25) is 5.91 Å². The van der Waals surface area contributed by atoms with Gasteiger partial charge < -0.3 is 25.4 Å². The summed E-state index contributed by atoms with van der Waals surface area (Å²) >= 11 is 0. The van der Waals surface area contributed by atoms with Gasteiger partial charge in [0.05, 0.1) is 25.9 Å². The fourth-order valence-corrected chi connectivity index (χ4v) is 2.94. The molecule has 0 atom stereocenters. The molecule has 0 radical (unpaired) electrons. The Labute approximate surface area is 147 Å². The van der Waals surface area contributed by atoms with Gasteiger partial charge in [-0.15, -0.1) is 0 Å². The predicted molar refractivity (Wildman–Crippen MR) is 99.4 cm³/mol. The van der Waals surface area contributed by atoms with Crippen molar-refractivity contribution in [2.45, 2.75) is 19.4 Å². The summed E-state index contributed by atoms with van der Waals surface area (Å²) in [5.74, 6) is 1.36. The normalized spacial score (nSPS) is 15.1. The van der Waals surface area contributed by atoms with E-state index >= 15 is 0 Å². The van der Waals surface area contributed by atoms with Crippen LogP contribution in [0.2, 0.25) is 0 Å². The van der Waals surface area contributed by atoms with E-state index in [-0.39, 0.29) is 12.5 Å². The van der Waals surface area contributed by atoms with E-state index in [4.69, 9.17) is 15.2 Å². The zero-order valence-electron chi connectivity index (χ0n) is 14.7. The van der Waals surface area contributed by atoms with Crippen molar-refractivity contribution in [1.82, 2.24) is 0 Å². The Morgan fingerprint density at radius 3 is 2.68 bits per heavy atom. The van der Waals surface area contributed by atoms with Crippen LogP contribution in [0, 0.1) is 0 Å². The van der Waals surface area contributed by atoms with Crippen LogP contribution in [0.3, 0.4) is 0 Å². The molecule has 3 rings (SSSR count). The summed E-state index contributed by atoms with van der Waals surface area (Å²) in [6.07, 6.45) is 0. The molecule has 0 fully saturated rings. The third-order valence-corrected chi connectivity index (χ3v) is 3.99. The van der Waals surface area contributed by atoms with Crippen LogP contribution in [-0.4, -0.2) is 31.7 Å². The minimum absolute atomic E-state index is 0.0920. The lowest BCUT2D eigenvalue weighted by atomic mass is 10.0. The number of methoxy groups -OCH3 is 1. The van der Waals surface area contributed by atoms with Crippen LogP contribution in [0.5, 0.6) is 11.5 Å². The van der Waals surface area contributed by atoms with Crippen LogP contribution in [0.1, 0.15) is 13.8 Å². The van der Waals surface area contributed by atoms with Gasteiger partial charge in [0, 0.05) is 17.4 Å². The molecule has 0 bridgehead atoms. The highest BCUT2D eigenvalue weighted by Crippen LogP contribution is 2.38. The number of carbonyl (C=O) groups is 1. The molecule has 1 heterocycles. The largest absolute Gasteiger partial charge is 0.497 e. The van der Waals surface area contributed by atoms with E-state index in [0.29, 0.717) is 18.0 Å². The van der Waals surface area contributed by atoms with Crippen LogP contribution in [0.4, 0.5) is 17.1 Å². The summed E-state index contributed by atoms with van der Waals surface area (Å²) in [5.41, 5.74) is 7.70. The number of nitrogens with one attached hydrogen (secondary N) is 1. The number of carbonyl (C=O) groups excluding carboxylic acids is 1. The van der Waals surface area contributed by atoms with Gasteiger partial charge in [-0.25, -0.2) is 0 Å². The monoisotopic (exact) mass is 341 g/mol. The lowest BCUT2D eigenvalue weighted by molar-refractivity contribution is -0.115. The standard InChI is InChI=1S/C19H23N3O3/c1-19(2)12-22(16-9-4-13(20)10-17(16)25-19)11-18(23)21-14-5-7-15(24-3)8-6-14/h4-10H,11-12,20H2,1-3H3,(H,21,23). The molecule has 25 heavy (non-hydrogen) atoms. The summed E-state index contributed by atoms with van der Waals surface area (Å²) in [6.45, 7) is 4.83. The molecule has 1 aliphatic heterocycles. The van der Waals surface area contributed by atoms with E-state index in [1.165, 1.54) is 0 Å². The van der Waals surface area contributed by atoms with E-state index in [2.05, 4.69) is 5.32 Å². The molecule has 2 aromatic rings. The van der Waals surface area contributed by atoms with Crippen LogP contribution >= 0.6 is 0 Å². The van der Waals surface area contributed by atoms with Gasteiger partial charge >= 0.3 is 0 Å². The fraction of sp³-hybridized carbons (Fsp3) is 0.316. The molecule has 0 spiro atoms. The van der Waals surface area contributed by atoms with Crippen LogP contribution in [-0.2, 0) is 4.79 Å². The van der Waals surface area contributed by atoms with Gasteiger partial charge in [-0.2, -0.15) is 0 Å². The predicted octanol–water partition coefficient (Wildman–Crippen LogP) is 2.89. The topological polar surface area (TPSA) is 76.8 Å². The number of fused-ring (bicyclic) bond motifs is 1. The lowest BCUT2D eigenvalue weighted by Crippen LogP contribution is -2.49. The third-order valence-electron chi connectivity index (χ3n) is 3.99. The van der Waals surface area contributed by atoms with E-state index in [0.717, 1.165) is 17.1 Å². The second-order valence-electron chi connectivity index (χ2n) is 6.72. The first kappa shape index (κ1) is 17.0. The number of nitrogen functional groups attached to an aromatic ring is 1. The molecule has 0 aromatic heterocycles. The molecular weight excluding hydrogens is 318 g/mol. The number of ether oxygens (including phenoxy) is 2. The number of rotatable bonds is 4. The summed E-state index contributed by atoms with van der Waals surface area (Å²) in [4.78, 5) is 14.5. The number of hydrogen-bond donors (Lipinski definition) is 2. The third kappa shape index (κ3) is 3.96. The van der Waals surface area contributed by atoms with Gasteiger partial charge in [0.25, 0.3) is 0 Å². The highest BCUT2D eigenvalue weighted by Gasteiger charge is 2.32. The van der Waals surface area contributed by atoms with Crippen molar-refractivity contribution in [2.75, 3.05) is 36.1 Å². The zero-order valence-corrected chi connectivity index (χ0v) is 14.7. The number of amides is 1. The molecule has 132 valence electrons. The Bertz CT molecular complexity index is 772. The fourth-order valence-electron chi connectivity index (χ4n) is 2.94. The number of nitrogens with two attached hydrogens (primary N) is 1. The quantitative estimate of drug-likeness (QED) is 0.836. The van der Waals surface area contributed by atoms with Gasteiger partial charge in [0.15, 0.2) is 0 Å². The first-order valence-electron chi connectivity index (χ1n) is 8.14. The van der Waals surface area contributed by atoms with Gasteiger partial charge in [-0.3, -0.25) is 4.79 Å². The highest BCUT2D eigenvalue weighted by molar-refractivity contribution is 5.94. The number of hydrogen-bond acceptors (Lipinski definition) is 5. The second kappa shape index (κ2) is 6.55. The average molecular weight is 341 g/mol. The van der Waals surface area contributed by atoms with Crippen LogP contribution in [0.25, 0.3) is 0 Å². The maximum Gasteiger partial charge on any atom is 0.243 e. The second-order valence-corrected chi connectivity index (χ2v) is 6.72. The Hall–Kier alpha value is -2.89. The van der Waals surface area contributed by atoms with Gasteiger partial charge in [-0.05, 0) is 50.2 Å². The van der Waals surface area contributed by atoms with Crippen molar-refractivity contribution < 1.29 is 14.3 Å². The summed E-state index contributed by atoms with van der Waals surface area (Å²) in [6, 6.07) is 12.8. The maximum absolute atomic E-state index is 12.5. The lowest BCUT2D eigenvalue weighted by Gasteiger charge is -2.40. The molecule has 0 aliphatic carbocycles. The SMILES string of the molecule is COc1ccc(NC(=O)CN2CC(C)(C)Oc3cc(N)ccc32)cc1. The van der Waals surface area contributed by atoms with Gasteiger partial charge in [-0.1, -0.05) is 0 Å². The average Bonchev–Trinajstić information content (AvgIpc) is 2.54. The Morgan fingerprint density at radius 1 is 1.28 bits per heavy atom. The minimum Gasteiger partial charge on any atom is -0.497 e. The van der Waals surface area contributed by atoms with E-state index in [1.807, 2.05) is 55.1 Å². The highest BCUT2D eigenvalue weighted by atomic mass is 16.5. The number of benzene rings is 2. The van der Waals surface area contributed by atoms with Crippen molar-refractivity contribution in [3.63, 3.8) is 0 Å². The van der Waals surface area contributed by atoms with E-state index < -0.39 is 5.60 Å². The maximum atomic E-state index is 12.5. The van der Waals surface area contributed by atoms with Crippen molar-refractivity contribution in [2.24, 2.45) is 0 Å². The first-order valence-corrected chi connectivity index (χ1v) is 8.14. The zero-order chi connectivity index (χ0) is 18.0. The van der Waals surface area contributed by atoms with Crippen molar-refractivity contribution >= 4 is 23.0 Å². The molecule has 3 N–H and O–H groups in total. The van der Waals surface area contributed by atoms with Crippen molar-refractivity contribution in [3.05, 3.63) is 42.5 Å². The van der Waals surface area contributed by atoms with E-state index in [9.17, 15) is 4.79 Å². The number of anilines is 3. The summed E-state index contributed by atoms with van der Waals surface area (Å²) < 4.78 is 11.1. The van der Waals surface area contributed by atoms with Crippen molar-refractivity contribution in [1.29, 1.82) is 0 Å². The Kier molecular flexibility index (Phi) is 4.44. The molecule has 0 saturated carbocycles. The molecular formula is C19H23N3O3.